The third kappa shape index (κ3) is 3.73. The third-order valence-electron chi connectivity index (χ3n) is 3.70. The summed E-state index contributed by atoms with van der Waals surface area (Å²) in [6.45, 7) is 2.87. The first-order valence-corrected chi connectivity index (χ1v) is 9.40. The molecule has 0 aliphatic heterocycles. The number of benzene rings is 3. The van der Waals surface area contributed by atoms with Crippen molar-refractivity contribution in [3.8, 4) is 11.1 Å². The van der Waals surface area contributed by atoms with Gasteiger partial charge in [0.25, 0.3) is 0 Å². The van der Waals surface area contributed by atoms with Crippen molar-refractivity contribution in [3.63, 3.8) is 0 Å². The molecule has 0 saturated heterocycles. The fourth-order valence-corrected chi connectivity index (χ4v) is 3.58. The minimum atomic E-state index is -0.926. The zero-order valence-electron chi connectivity index (χ0n) is 12.7. The average Bonchev–Trinajstić information content (AvgIpc) is 2.61. The van der Waals surface area contributed by atoms with Gasteiger partial charge >= 0.3 is 0 Å². The molecule has 1 radical (unpaired) electrons. The molecule has 0 N–H and O–H groups in total. The van der Waals surface area contributed by atoms with E-state index in [1.54, 1.807) is 0 Å². The van der Waals surface area contributed by atoms with Crippen LogP contribution in [0.15, 0.2) is 84.9 Å². The summed E-state index contributed by atoms with van der Waals surface area (Å²) in [4.78, 5) is 0. The van der Waals surface area contributed by atoms with E-state index in [-0.39, 0.29) is 0 Å². The smallest absolute Gasteiger partial charge is 0.244 e. The van der Waals surface area contributed by atoms with Crippen molar-refractivity contribution in [1.29, 1.82) is 0 Å². The standard InChI is InChI=1S/C20H19OSi/c1-22(20-10-6-3-7-11-20)21-16-17-12-14-19(15-13-17)18-8-4-2-5-9-18/h2-15H,16H2,1H3. The van der Waals surface area contributed by atoms with E-state index < -0.39 is 9.04 Å². The molecule has 0 spiro atoms. The summed E-state index contributed by atoms with van der Waals surface area (Å²) in [5.41, 5.74) is 3.72. The molecule has 3 aromatic rings. The second-order valence-corrected chi connectivity index (χ2v) is 7.25. The van der Waals surface area contributed by atoms with Crippen LogP contribution in [0.4, 0.5) is 0 Å². The first-order chi connectivity index (χ1) is 10.8. The van der Waals surface area contributed by atoms with Crippen molar-refractivity contribution in [1.82, 2.24) is 0 Å². The van der Waals surface area contributed by atoms with Crippen LogP contribution in [0.1, 0.15) is 5.56 Å². The van der Waals surface area contributed by atoms with Crippen LogP contribution in [0.25, 0.3) is 11.1 Å². The van der Waals surface area contributed by atoms with Crippen molar-refractivity contribution in [2.75, 3.05) is 0 Å². The molecule has 22 heavy (non-hydrogen) atoms. The minimum Gasteiger partial charge on any atom is -0.408 e. The largest absolute Gasteiger partial charge is 0.408 e. The molecule has 0 aliphatic rings. The highest BCUT2D eigenvalue weighted by molar-refractivity contribution is 6.66. The van der Waals surface area contributed by atoms with Gasteiger partial charge in [-0.3, -0.25) is 0 Å². The van der Waals surface area contributed by atoms with Crippen molar-refractivity contribution in [2.24, 2.45) is 0 Å². The maximum atomic E-state index is 6.06. The van der Waals surface area contributed by atoms with E-state index in [4.69, 9.17) is 4.43 Å². The summed E-state index contributed by atoms with van der Waals surface area (Å²) < 4.78 is 6.06. The quantitative estimate of drug-likeness (QED) is 0.635. The second kappa shape index (κ2) is 7.21. The van der Waals surface area contributed by atoms with Crippen molar-refractivity contribution in [3.05, 3.63) is 90.5 Å². The summed E-state index contributed by atoms with van der Waals surface area (Å²) in [6, 6.07) is 29.6. The molecule has 3 aromatic carbocycles. The maximum Gasteiger partial charge on any atom is 0.244 e. The number of hydrogen-bond donors (Lipinski definition) is 0. The third-order valence-corrected chi connectivity index (χ3v) is 5.42. The molecule has 0 heterocycles. The molecular weight excluding hydrogens is 284 g/mol. The summed E-state index contributed by atoms with van der Waals surface area (Å²) in [5.74, 6) is 0. The zero-order valence-corrected chi connectivity index (χ0v) is 13.7. The summed E-state index contributed by atoms with van der Waals surface area (Å²) >= 11 is 0. The van der Waals surface area contributed by atoms with Crippen LogP contribution in [-0.2, 0) is 11.0 Å². The van der Waals surface area contributed by atoms with Crippen molar-refractivity contribution >= 4 is 14.2 Å². The molecule has 0 saturated carbocycles. The molecule has 0 amide bonds. The van der Waals surface area contributed by atoms with Gasteiger partial charge in [0.05, 0.1) is 6.61 Å². The Labute approximate surface area is 133 Å². The van der Waals surface area contributed by atoms with Crippen LogP contribution in [0.3, 0.4) is 0 Å². The fourth-order valence-electron chi connectivity index (χ4n) is 2.37. The first-order valence-electron chi connectivity index (χ1n) is 7.49. The lowest BCUT2D eigenvalue weighted by Gasteiger charge is -2.11. The molecule has 0 aliphatic carbocycles. The van der Waals surface area contributed by atoms with Gasteiger partial charge in [-0.25, -0.2) is 0 Å². The predicted molar refractivity (Wildman–Crippen MR) is 94.4 cm³/mol. The van der Waals surface area contributed by atoms with Gasteiger partial charge in [0.1, 0.15) is 0 Å². The highest BCUT2D eigenvalue weighted by Gasteiger charge is 2.09. The van der Waals surface area contributed by atoms with Crippen LogP contribution < -0.4 is 5.19 Å². The normalized spacial score (nSPS) is 10.8. The van der Waals surface area contributed by atoms with Gasteiger partial charge in [-0.1, -0.05) is 84.9 Å². The zero-order chi connectivity index (χ0) is 15.2. The Morgan fingerprint density at radius 2 is 1.23 bits per heavy atom. The van der Waals surface area contributed by atoms with Gasteiger partial charge < -0.3 is 4.43 Å². The van der Waals surface area contributed by atoms with Gasteiger partial charge in [-0.15, -0.1) is 0 Å². The molecule has 0 unspecified atom stereocenters. The number of rotatable bonds is 5. The second-order valence-electron chi connectivity index (χ2n) is 5.27. The Morgan fingerprint density at radius 1 is 0.682 bits per heavy atom. The van der Waals surface area contributed by atoms with E-state index in [1.807, 2.05) is 12.1 Å². The van der Waals surface area contributed by atoms with E-state index in [9.17, 15) is 0 Å². The summed E-state index contributed by atoms with van der Waals surface area (Å²) in [7, 11) is -0.926. The molecule has 2 heteroatoms. The minimum absolute atomic E-state index is 0.675. The van der Waals surface area contributed by atoms with Crippen LogP contribution in [0.2, 0.25) is 6.55 Å². The summed E-state index contributed by atoms with van der Waals surface area (Å²) in [6.07, 6.45) is 0. The molecule has 0 aromatic heterocycles. The van der Waals surface area contributed by atoms with E-state index in [0.717, 1.165) is 0 Å². The highest BCUT2D eigenvalue weighted by Crippen LogP contribution is 2.19. The lowest BCUT2D eigenvalue weighted by atomic mass is 10.0. The molecule has 1 nitrogen and oxygen atoms in total. The Kier molecular flexibility index (Phi) is 4.84. The lowest BCUT2D eigenvalue weighted by Crippen LogP contribution is -2.29. The van der Waals surface area contributed by atoms with Gasteiger partial charge in [0.2, 0.25) is 9.04 Å². The van der Waals surface area contributed by atoms with Crippen LogP contribution in [0, 0.1) is 0 Å². The van der Waals surface area contributed by atoms with Crippen LogP contribution in [0.5, 0.6) is 0 Å². The van der Waals surface area contributed by atoms with E-state index >= 15 is 0 Å². The van der Waals surface area contributed by atoms with Gasteiger partial charge in [-0.05, 0) is 28.4 Å². The highest BCUT2D eigenvalue weighted by atomic mass is 28.3. The van der Waals surface area contributed by atoms with Gasteiger partial charge in [0, 0.05) is 0 Å². The van der Waals surface area contributed by atoms with Crippen molar-refractivity contribution in [2.45, 2.75) is 13.2 Å². The molecular formula is C20H19OSi. The topological polar surface area (TPSA) is 9.23 Å². The fraction of sp³-hybridized carbons (Fsp3) is 0.100. The van der Waals surface area contributed by atoms with Gasteiger partial charge in [-0.2, -0.15) is 0 Å². The molecule has 0 atom stereocenters. The molecule has 3 rings (SSSR count). The van der Waals surface area contributed by atoms with E-state index in [0.29, 0.717) is 6.61 Å². The number of hydrogen-bond acceptors (Lipinski definition) is 1. The maximum absolute atomic E-state index is 6.06. The monoisotopic (exact) mass is 303 g/mol. The molecule has 0 fully saturated rings. The first kappa shape index (κ1) is 14.8. The predicted octanol–water partition coefficient (Wildman–Crippen LogP) is 4.40. The molecule has 109 valence electrons. The van der Waals surface area contributed by atoms with Crippen LogP contribution >= 0.6 is 0 Å². The van der Waals surface area contributed by atoms with E-state index in [2.05, 4.69) is 79.3 Å². The molecule has 0 bridgehead atoms. The Bertz CT molecular complexity index is 693. The summed E-state index contributed by atoms with van der Waals surface area (Å²) in [5, 5.41) is 1.31. The average molecular weight is 303 g/mol. The Morgan fingerprint density at radius 3 is 1.86 bits per heavy atom. The van der Waals surface area contributed by atoms with E-state index in [1.165, 1.54) is 21.9 Å². The van der Waals surface area contributed by atoms with Crippen LogP contribution in [-0.4, -0.2) is 9.04 Å². The van der Waals surface area contributed by atoms with Crippen molar-refractivity contribution < 1.29 is 4.43 Å². The lowest BCUT2D eigenvalue weighted by molar-refractivity contribution is 0.318. The SMILES string of the molecule is C[Si](OCc1ccc(-c2ccccc2)cc1)c1ccccc1. The Balaban J connectivity index is 1.62. The Hall–Kier alpha value is -2.16. The van der Waals surface area contributed by atoms with Gasteiger partial charge in [0.15, 0.2) is 0 Å².